The second kappa shape index (κ2) is 18.9. The summed E-state index contributed by atoms with van der Waals surface area (Å²) in [6, 6.07) is 32.1. The minimum atomic E-state index is -5.08. The van der Waals surface area contributed by atoms with Crippen molar-refractivity contribution in [2.75, 3.05) is 44.6 Å². The zero-order valence-electron chi connectivity index (χ0n) is 30.7. The largest absolute Gasteiger partial charge is 0.490 e. The van der Waals surface area contributed by atoms with E-state index in [0.29, 0.717) is 24.6 Å². The Bertz CT molecular complexity index is 2020. The number of benzene rings is 4. The molecule has 3 N–H and O–H groups in total. The van der Waals surface area contributed by atoms with Gasteiger partial charge in [-0.2, -0.15) is 17.5 Å². The Morgan fingerprint density at radius 3 is 2.05 bits per heavy atom. The number of sulfonamides is 1. The molecule has 298 valence electrons. The molecule has 0 bridgehead atoms. The molecule has 2 atom stereocenters. The normalized spacial score (nSPS) is 17.7. The number of urea groups is 1. The van der Waals surface area contributed by atoms with Gasteiger partial charge in [-0.15, -0.1) is 0 Å². The first-order chi connectivity index (χ1) is 26.8. The predicted molar refractivity (Wildman–Crippen MR) is 204 cm³/mol. The van der Waals surface area contributed by atoms with Gasteiger partial charge < -0.3 is 25.4 Å². The fourth-order valence-corrected chi connectivity index (χ4v) is 8.06. The van der Waals surface area contributed by atoms with E-state index in [2.05, 4.69) is 22.5 Å². The molecule has 0 aromatic heterocycles. The summed E-state index contributed by atoms with van der Waals surface area (Å²) in [7, 11) is -4.06. The number of piperazine rings is 1. The predicted octanol–water partition coefficient (Wildman–Crippen LogP) is 6.07. The number of carbonyl (C=O) groups is 3. The number of amides is 3. The smallest absolute Gasteiger partial charge is 0.489 e. The average molecular weight is 796 g/mol. The van der Waals surface area contributed by atoms with Gasteiger partial charge in [-0.1, -0.05) is 79.7 Å². The Kier molecular flexibility index (Phi) is 14.1. The molecule has 12 nitrogen and oxygen atoms in total. The van der Waals surface area contributed by atoms with Crippen molar-refractivity contribution in [3.05, 3.63) is 115 Å². The quantitative estimate of drug-likeness (QED) is 0.166. The molecule has 3 amide bonds. The SMILES string of the molecule is CCN1CCC[C@@H]1CNC(=O)[C@@H]1CN(C(=O)Nc2ccc(OCc3ccccc3)cc2)CCN1S(=O)(=O)c1ccc(-c2ccccc2)cc1.O=C(O)C(F)(F)F. The molecule has 2 saturated heterocycles. The average Bonchev–Trinajstić information content (AvgIpc) is 3.68. The van der Waals surface area contributed by atoms with Gasteiger partial charge in [0.05, 0.1) is 4.90 Å². The molecular formula is C40H44F3N5O7S. The highest BCUT2D eigenvalue weighted by Gasteiger charge is 2.42. The molecule has 0 spiro atoms. The van der Waals surface area contributed by atoms with Crippen LogP contribution in [-0.2, 0) is 26.2 Å². The highest BCUT2D eigenvalue weighted by molar-refractivity contribution is 7.89. The Balaban J connectivity index is 0.000000784. The maximum atomic E-state index is 14.1. The van der Waals surface area contributed by atoms with Gasteiger partial charge >= 0.3 is 18.2 Å². The van der Waals surface area contributed by atoms with Gasteiger partial charge in [-0.25, -0.2) is 18.0 Å². The fraction of sp³-hybridized carbons (Fsp3) is 0.325. The van der Waals surface area contributed by atoms with Crippen LogP contribution in [0.2, 0.25) is 0 Å². The first-order valence-electron chi connectivity index (χ1n) is 18.1. The highest BCUT2D eigenvalue weighted by Crippen LogP contribution is 2.27. The Morgan fingerprint density at radius 1 is 0.839 bits per heavy atom. The molecule has 16 heteroatoms. The van der Waals surface area contributed by atoms with E-state index in [1.165, 1.54) is 9.21 Å². The van der Waals surface area contributed by atoms with Gasteiger partial charge in [0.1, 0.15) is 18.4 Å². The number of carbonyl (C=O) groups excluding carboxylic acids is 2. The first kappa shape index (κ1) is 41.7. The van der Waals surface area contributed by atoms with Crippen LogP contribution < -0.4 is 15.4 Å². The van der Waals surface area contributed by atoms with Crippen molar-refractivity contribution in [1.82, 2.24) is 19.4 Å². The van der Waals surface area contributed by atoms with Crippen LogP contribution in [0.5, 0.6) is 5.75 Å². The molecule has 6 rings (SSSR count). The van der Waals surface area contributed by atoms with Crippen LogP contribution in [0.1, 0.15) is 25.3 Å². The van der Waals surface area contributed by atoms with Gasteiger partial charge in [0.25, 0.3) is 0 Å². The van der Waals surface area contributed by atoms with Crippen molar-refractivity contribution in [2.24, 2.45) is 0 Å². The molecular weight excluding hydrogens is 752 g/mol. The monoisotopic (exact) mass is 795 g/mol. The molecule has 4 aromatic rings. The number of alkyl halides is 3. The van der Waals surface area contributed by atoms with Crippen molar-refractivity contribution in [1.29, 1.82) is 0 Å². The van der Waals surface area contributed by atoms with E-state index >= 15 is 0 Å². The van der Waals surface area contributed by atoms with Gasteiger partial charge in [0.2, 0.25) is 15.9 Å². The van der Waals surface area contributed by atoms with Crippen LogP contribution in [0.3, 0.4) is 0 Å². The molecule has 0 saturated carbocycles. The number of likely N-dealkylation sites (tertiary alicyclic amines) is 1. The summed E-state index contributed by atoms with van der Waals surface area (Å²) in [5.74, 6) is -2.50. The molecule has 0 radical (unpaired) electrons. The molecule has 56 heavy (non-hydrogen) atoms. The van der Waals surface area contributed by atoms with Gasteiger partial charge in [0.15, 0.2) is 0 Å². The number of anilines is 1. The zero-order valence-corrected chi connectivity index (χ0v) is 31.5. The van der Waals surface area contributed by atoms with E-state index in [-0.39, 0.29) is 30.6 Å². The Morgan fingerprint density at radius 2 is 1.45 bits per heavy atom. The van der Waals surface area contributed by atoms with E-state index in [9.17, 15) is 31.2 Å². The topological polar surface area (TPSA) is 149 Å². The number of halogens is 3. The molecule has 2 aliphatic rings. The highest BCUT2D eigenvalue weighted by atomic mass is 32.2. The number of nitrogens with zero attached hydrogens (tertiary/aromatic N) is 3. The third kappa shape index (κ3) is 11.1. The lowest BCUT2D eigenvalue weighted by molar-refractivity contribution is -0.192. The third-order valence-corrected chi connectivity index (χ3v) is 11.4. The number of rotatable bonds is 11. The Labute approximate surface area is 323 Å². The molecule has 2 heterocycles. The lowest BCUT2D eigenvalue weighted by atomic mass is 10.1. The minimum absolute atomic E-state index is 0.0228. The van der Waals surface area contributed by atoms with Crippen LogP contribution in [0.4, 0.5) is 23.7 Å². The summed E-state index contributed by atoms with van der Waals surface area (Å²) in [5, 5.41) is 13.0. The van der Waals surface area contributed by atoms with Crippen LogP contribution >= 0.6 is 0 Å². The fourth-order valence-electron chi connectivity index (χ4n) is 6.49. The van der Waals surface area contributed by atoms with Crippen LogP contribution in [-0.4, -0.2) is 103 Å². The van der Waals surface area contributed by atoms with Crippen LogP contribution in [0, 0.1) is 0 Å². The van der Waals surface area contributed by atoms with Gasteiger partial charge in [0, 0.05) is 37.9 Å². The lowest BCUT2D eigenvalue weighted by Crippen LogP contribution is -2.62. The summed E-state index contributed by atoms with van der Waals surface area (Å²) in [6.45, 7) is 4.84. The standard InChI is InChI=1S/C38H43N5O5S.C2HF3O2/c1-2-41-23-9-14-33(41)26-39-37(44)36-27-42(38(45)40-32-17-19-34(20-18-32)48-28-29-10-5-3-6-11-29)24-25-43(36)49(46,47)35-21-15-31(16-22-35)30-12-7-4-8-13-30;3-2(4,5)1(6)7/h3-8,10-13,15-22,33,36H,2,9,14,23-28H2,1H3,(H,39,44)(H,40,45);(H,6,7)/t33-,36+;/m1./s1. The number of carboxylic acid groups (broad SMARTS) is 1. The number of hydrogen-bond donors (Lipinski definition) is 3. The maximum Gasteiger partial charge on any atom is 0.490 e. The van der Waals surface area contributed by atoms with Crippen LogP contribution in [0.15, 0.2) is 114 Å². The van der Waals surface area contributed by atoms with Crippen molar-refractivity contribution < 1.29 is 45.8 Å². The number of carboxylic acids is 1. The van der Waals surface area contributed by atoms with Gasteiger partial charge in [-0.3, -0.25) is 9.69 Å². The van der Waals surface area contributed by atoms with Crippen LogP contribution in [0.25, 0.3) is 11.1 Å². The van der Waals surface area contributed by atoms with E-state index in [1.54, 1.807) is 48.5 Å². The Hall–Kier alpha value is -5.45. The number of hydrogen-bond acceptors (Lipinski definition) is 7. The van der Waals surface area contributed by atoms with E-state index < -0.39 is 40.1 Å². The van der Waals surface area contributed by atoms with Crippen molar-refractivity contribution in [3.63, 3.8) is 0 Å². The molecule has 4 aromatic carbocycles. The van der Waals surface area contributed by atoms with E-state index in [1.807, 2.05) is 60.7 Å². The first-order valence-corrected chi connectivity index (χ1v) is 19.5. The number of nitrogens with one attached hydrogen (secondary N) is 2. The number of likely N-dealkylation sites (N-methyl/N-ethyl adjacent to an activating group) is 1. The number of ether oxygens (including phenoxy) is 1. The molecule has 0 aliphatic carbocycles. The second-order valence-electron chi connectivity index (χ2n) is 13.2. The lowest BCUT2D eigenvalue weighted by Gasteiger charge is -2.39. The van der Waals surface area contributed by atoms with Crippen molar-refractivity contribution >= 4 is 33.6 Å². The molecule has 2 aliphatic heterocycles. The second-order valence-corrected chi connectivity index (χ2v) is 15.1. The number of aliphatic carboxylic acids is 1. The molecule has 0 unspecified atom stereocenters. The van der Waals surface area contributed by atoms with Crippen molar-refractivity contribution in [3.8, 4) is 16.9 Å². The van der Waals surface area contributed by atoms with Gasteiger partial charge in [-0.05, 0) is 79.0 Å². The summed E-state index contributed by atoms with van der Waals surface area (Å²) in [6.07, 6.45) is -3.05. The molecule has 2 fully saturated rings. The maximum absolute atomic E-state index is 14.1. The minimum Gasteiger partial charge on any atom is -0.489 e. The summed E-state index contributed by atoms with van der Waals surface area (Å²) >= 11 is 0. The van der Waals surface area contributed by atoms with E-state index in [0.717, 1.165) is 42.6 Å². The van der Waals surface area contributed by atoms with E-state index in [4.69, 9.17) is 14.6 Å². The summed E-state index contributed by atoms with van der Waals surface area (Å²) in [4.78, 5) is 40.1. The summed E-state index contributed by atoms with van der Waals surface area (Å²) in [5.41, 5.74) is 3.48. The van der Waals surface area contributed by atoms with Crippen molar-refractivity contribution in [2.45, 2.75) is 49.5 Å². The zero-order chi connectivity index (χ0) is 40.3. The third-order valence-electron chi connectivity index (χ3n) is 9.50. The summed E-state index contributed by atoms with van der Waals surface area (Å²) < 4.78 is 67.0.